The Morgan fingerprint density at radius 3 is 2.30 bits per heavy atom. The summed E-state index contributed by atoms with van der Waals surface area (Å²) in [5.74, 6) is 0.171. The Hall–Kier alpha value is -2.24. The van der Waals surface area contributed by atoms with Crippen LogP contribution in [-0.4, -0.2) is 29.0 Å². The molecule has 2 rings (SSSR count). The highest BCUT2D eigenvalue weighted by Gasteiger charge is 2.13. The lowest BCUT2D eigenvalue weighted by Gasteiger charge is -2.16. The fourth-order valence-electron chi connectivity index (χ4n) is 2.02. The molecule has 0 heterocycles. The number of rotatable bonds is 6. The van der Waals surface area contributed by atoms with Crippen molar-refractivity contribution < 1.29 is 19.7 Å². The van der Waals surface area contributed by atoms with Crippen molar-refractivity contribution in [2.75, 3.05) is 6.61 Å². The van der Waals surface area contributed by atoms with Gasteiger partial charge in [-0.05, 0) is 41.8 Å². The number of aliphatic hydroxyl groups excluding tert-OH is 1. The number of phenolic OH excluding ortho intramolecular Hbond substituents is 1. The fourth-order valence-corrected chi connectivity index (χ4v) is 2.14. The summed E-state index contributed by atoms with van der Waals surface area (Å²) in [6.07, 6.45) is -0.162. The standard InChI is InChI=1S/C17H18ClNO4/c18-14-5-1-13(2-6-14)11-23-17(22)19-15(10-20)9-12-3-7-16(21)8-4-12/h1-8,15,20-21H,9-11H2,(H,19,22)/t15-/m0/s1. The molecule has 0 unspecified atom stereocenters. The largest absolute Gasteiger partial charge is 0.508 e. The van der Waals surface area contributed by atoms with Crippen molar-refractivity contribution in [1.82, 2.24) is 5.32 Å². The zero-order chi connectivity index (χ0) is 16.7. The average Bonchev–Trinajstić information content (AvgIpc) is 2.55. The number of alkyl carbamates (subject to hydrolysis) is 1. The Morgan fingerprint density at radius 1 is 1.09 bits per heavy atom. The van der Waals surface area contributed by atoms with Crippen molar-refractivity contribution in [2.45, 2.75) is 19.1 Å². The lowest BCUT2D eigenvalue weighted by Crippen LogP contribution is -2.39. The first kappa shape index (κ1) is 17.1. The lowest BCUT2D eigenvalue weighted by atomic mass is 10.1. The van der Waals surface area contributed by atoms with Crippen molar-refractivity contribution in [3.63, 3.8) is 0 Å². The summed E-state index contributed by atoms with van der Waals surface area (Å²) < 4.78 is 5.11. The molecule has 3 N–H and O–H groups in total. The van der Waals surface area contributed by atoms with E-state index < -0.39 is 12.1 Å². The molecule has 122 valence electrons. The van der Waals surface area contributed by atoms with Gasteiger partial charge in [-0.25, -0.2) is 4.79 Å². The first-order valence-electron chi connectivity index (χ1n) is 7.13. The highest BCUT2D eigenvalue weighted by molar-refractivity contribution is 6.30. The molecule has 1 amide bonds. The topological polar surface area (TPSA) is 78.8 Å². The molecular formula is C17H18ClNO4. The number of ether oxygens (including phenoxy) is 1. The summed E-state index contributed by atoms with van der Waals surface area (Å²) in [5.41, 5.74) is 1.71. The van der Waals surface area contributed by atoms with Gasteiger partial charge in [-0.3, -0.25) is 0 Å². The van der Waals surface area contributed by atoms with Gasteiger partial charge in [0, 0.05) is 5.02 Å². The number of carbonyl (C=O) groups excluding carboxylic acids is 1. The van der Waals surface area contributed by atoms with E-state index in [2.05, 4.69) is 5.32 Å². The monoisotopic (exact) mass is 335 g/mol. The number of hydrogen-bond acceptors (Lipinski definition) is 4. The normalized spacial score (nSPS) is 11.7. The average molecular weight is 336 g/mol. The van der Waals surface area contributed by atoms with Gasteiger partial charge in [-0.2, -0.15) is 0 Å². The van der Waals surface area contributed by atoms with Crippen LogP contribution >= 0.6 is 11.6 Å². The molecule has 0 aromatic heterocycles. The van der Waals surface area contributed by atoms with Crippen LogP contribution in [0, 0.1) is 0 Å². The molecule has 0 aliphatic carbocycles. The number of carbonyl (C=O) groups is 1. The van der Waals surface area contributed by atoms with Crippen LogP contribution < -0.4 is 5.32 Å². The van der Waals surface area contributed by atoms with E-state index in [0.717, 1.165) is 11.1 Å². The number of benzene rings is 2. The van der Waals surface area contributed by atoms with E-state index in [4.69, 9.17) is 16.3 Å². The Kier molecular flexibility index (Phi) is 6.26. The molecule has 6 heteroatoms. The summed E-state index contributed by atoms with van der Waals surface area (Å²) in [4.78, 5) is 11.8. The fraction of sp³-hybridized carbons (Fsp3) is 0.235. The molecular weight excluding hydrogens is 318 g/mol. The van der Waals surface area contributed by atoms with Gasteiger partial charge in [0.25, 0.3) is 0 Å². The molecule has 0 spiro atoms. The summed E-state index contributed by atoms with van der Waals surface area (Å²) in [6, 6.07) is 13.1. The van der Waals surface area contributed by atoms with Crippen molar-refractivity contribution in [3.05, 3.63) is 64.7 Å². The Morgan fingerprint density at radius 2 is 1.70 bits per heavy atom. The second-order valence-electron chi connectivity index (χ2n) is 5.10. The van der Waals surface area contributed by atoms with Crippen molar-refractivity contribution in [3.8, 4) is 5.75 Å². The van der Waals surface area contributed by atoms with E-state index >= 15 is 0 Å². The molecule has 0 bridgehead atoms. The van der Waals surface area contributed by atoms with Crippen LogP contribution in [0.5, 0.6) is 5.75 Å². The molecule has 0 radical (unpaired) electrons. The number of aliphatic hydroxyl groups is 1. The zero-order valence-corrected chi connectivity index (χ0v) is 13.2. The van der Waals surface area contributed by atoms with Crippen LogP contribution in [0.4, 0.5) is 4.79 Å². The van der Waals surface area contributed by atoms with E-state index in [9.17, 15) is 15.0 Å². The van der Waals surface area contributed by atoms with Crippen LogP contribution in [0.1, 0.15) is 11.1 Å². The van der Waals surface area contributed by atoms with Crippen LogP contribution in [0.15, 0.2) is 48.5 Å². The number of nitrogens with one attached hydrogen (secondary N) is 1. The maximum Gasteiger partial charge on any atom is 0.407 e. The minimum atomic E-state index is -0.599. The van der Waals surface area contributed by atoms with E-state index in [0.29, 0.717) is 11.4 Å². The van der Waals surface area contributed by atoms with Gasteiger partial charge in [0.15, 0.2) is 0 Å². The Bertz CT molecular complexity index is 628. The van der Waals surface area contributed by atoms with Crippen LogP contribution in [-0.2, 0) is 17.8 Å². The summed E-state index contributed by atoms with van der Waals surface area (Å²) in [6.45, 7) is -0.0860. The number of hydrogen-bond donors (Lipinski definition) is 3. The second kappa shape index (κ2) is 8.41. The minimum Gasteiger partial charge on any atom is -0.508 e. The van der Waals surface area contributed by atoms with E-state index in [1.807, 2.05) is 0 Å². The smallest absolute Gasteiger partial charge is 0.407 e. The Labute approximate surface area is 139 Å². The van der Waals surface area contributed by atoms with Crippen LogP contribution in [0.3, 0.4) is 0 Å². The number of halogens is 1. The third-order valence-corrected chi connectivity index (χ3v) is 3.50. The highest BCUT2D eigenvalue weighted by atomic mass is 35.5. The van der Waals surface area contributed by atoms with E-state index in [1.54, 1.807) is 48.5 Å². The van der Waals surface area contributed by atoms with Gasteiger partial charge in [0.2, 0.25) is 0 Å². The highest BCUT2D eigenvalue weighted by Crippen LogP contribution is 2.12. The molecule has 0 fully saturated rings. The molecule has 1 atom stereocenters. The molecule has 2 aromatic rings. The quantitative estimate of drug-likeness (QED) is 0.758. The molecule has 0 saturated carbocycles. The summed E-state index contributed by atoms with van der Waals surface area (Å²) in [7, 11) is 0. The van der Waals surface area contributed by atoms with Gasteiger partial charge < -0.3 is 20.3 Å². The van der Waals surface area contributed by atoms with Crippen molar-refractivity contribution in [1.29, 1.82) is 0 Å². The Balaban J connectivity index is 1.82. The van der Waals surface area contributed by atoms with Gasteiger partial charge in [-0.15, -0.1) is 0 Å². The molecule has 0 aliphatic rings. The van der Waals surface area contributed by atoms with Crippen molar-refractivity contribution >= 4 is 17.7 Å². The number of phenols is 1. The van der Waals surface area contributed by atoms with Gasteiger partial charge in [0.05, 0.1) is 12.6 Å². The van der Waals surface area contributed by atoms with Gasteiger partial charge in [0.1, 0.15) is 12.4 Å². The summed E-state index contributed by atoms with van der Waals surface area (Å²) >= 11 is 5.79. The SMILES string of the molecule is O=C(N[C@H](CO)Cc1ccc(O)cc1)OCc1ccc(Cl)cc1. The molecule has 0 saturated heterocycles. The maximum absolute atomic E-state index is 11.8. The second-order valence-corrected chi connectivity index (χ2v) is 5.53. The molecule has 5 nitrogen and oxygen atoms in total. The van der Waals surface area contributed by atoms with Gasteiger partial charge in [-0.1, -0.05) is 35.9 Å². The maximum atomic E-state index is 11.8. The molecule has 0 aliphatic heterocycles. The molecule has 2 aromatic carbocycles. The third-order valence-electron chi connectivity index (χ3n) is 3.24. The zero-order valence-electron chi connectivity index (χ0n) is 12.4. The first-order chi connectivity index (χ1) is 11.1. The predicted octanol–water partition coefficient (Wildman–Crippen LogP) is 2.88. The first-order valence-corrected chi connectivity index (χ1v) is 7.51. The van der Waals surface area contributed by atoms with Gasteiger partial charge >= 0.3 is 6.09 Å². The predicted molar refractivity (Wildman–Crippen MR) is 87.5 cm³/mol. The minimum absolute atomic E-state index is 0.125. The number of amides is 1. The van der Waals surface area contributed by atoms with Crippen LogP contribution in [0.25, 0.3) is 0 Å². The van der Waals surface area contributed by atoms with E-state index in [1.165, 1.54) is 0 Å². The molecule has 23 heavy (non-hydrogen) atoms. The van der Waals surface area contributed by atoms with Crippen molar-refractivity contribution in [2.24, 2.45) is 0 Å². The van der Waals surface area contributed by atoms with Crippen LogP contribution in [0.2, 0.25) is 5.02 Å². The summed E-state index contributed by atoms with van der Waals surface area (Å²) in [5, 5.41) is 21.8. The lowest BCUT2D eigenvalue weighted by molar-refractivity contribution is 0.129. The number of aromatic hydroxyl groups is 1. The van der Waals surface area contributed by atoms with E-state index in [-0.39, 0.29) is 19.0 Å². The third kappa shape index (κ3) is 5.81.